The summed E-state index contributed by atoms with van der Waals surface area (Å²) < 4.78 is 0. The highest BCUT2D eigenvalue weighted by atomic mass is 35.5. The summed E-state index contributed by atoms with van der Waals surface area (Å²) in [7, 11) is 0. The maximum atomic E-state index is 13.2. The highest BCUT2D eigenvalue weighted by Gasteiger charge is 2.37. The van der Waals surface area contributed by atoms with E-state index >= 15 is 0 Å². The molecule has 0 aliphatic carbocycles. The average Bonchev–Trinajstić information content (AvgIpc) is 3.08. The van der Waals surface area contributed by atoms with E-state index in [4.69, 9.17) is 11.6 Å². The number of hydrogen-bond donors (Lipinski definition) is 0. The number of unbranched alkanes of at least 4 members (excludes halogenated alkanes) is 1. The van der Waals surface area contributed by atoms with Crippen molar-refractivity contribution in [2.75, 3.05) is 0 Å². The summed E-state index contributed by atoms with van der Waals surface area (Å²) in [6.07, 6.45) is 4.62. The van der Waals surface area contributed by atoms with Gasteiger partial charge in [0.15, 0.2) is 5.17 Å². The van der Waals surface area contributed by atoms with Gasteiger partial charge in [0.05, 0.1) is 18.0 Å². The zero-order chi connectivity index (χ0) is 21.6. The number of hydrogen-bond acceptors (Lipinski definition) is 4. The van der Waals surface area contributed by atoms with Gasteiger partial charge in [0.1, 0.15) is 0 Å². The van der Waals surface area contributed by atoms with Crippen molar-refractivity contribution in [2.45, 2.75) is 38.0 Å². The van der Waals surface area contributed by atoms with Crippen LogP contribution >= 0.6 is 23.4 Å². The molecule has 31 heavy (non-hydrogen) atoms. The molecule has 1 amide bonds. The van der Waals surface area contributed by atoms with Crippen LogP contribution in [0, 0.1) is 0 Å². The summed E-state index contributed by atoms with van der Waals surface area (Å²) >= 11 is 7.46. The number of carbonyl (C=O) groups excluding carboxylic acids is 1. The molecule has 3 aromatic rings. The summed E-state index contributed by atoms with van der Waals surface area (Å²) in [5, 5.41) is 12.3. The van der Waals surface area contributed by atoms with Crippen LogP contribution in [0.5, 0.6) is 0 Å². The van der Waals surface area contributed by atoms with Crippen LogP contribution in [0.3, 0.4) is 0 Å². The second-order valence-corrected chi connectivity index (χ2v) is 9.10. The number of amidine groups is 1. The first-order valence-corrected chi connectivity index (χ1v) is 11.7. The lowest BCUT2D eigenvalue weighted by Gasteiger charge is -2.17. The molecule has 0 aromatic heterocycles. The Morgan fingerprint density at radius 3 is 2.65 bits per heavy atom. The Labute approximate surface area is 192 Å². The van der Waals surface area contributed by atoms with Gasteiger partial charge < -0.3 is 0 Å². The van der Waals surface area contributed by atoms with Crippen molar-refractivity contribution in [3.05, 3.63) is 82.9 Å². The van der Waals surface area contributed by atoms with Crippen LogP contribution in [0.4, 0.5) is 0 Å². The van der Waals surface area contributed by atoms with E-state index in [0.717, 1.165) is 35.8 Å². The number of nitrogens with zero attached hydrogens (tertiary/aromatic N) is 3. The van der Waals surface area contributed by atoms with Gasteiger partial charge >= 0.3 is 0 Å². The molecule has 158 valence electrons. The predicted molar refractivity (Wildman–Crippen MR) is 132 cm³/mol. The van der Waals surface area contributed by atoms with E-state index in [1.807, 2.05) is 42.5 Å². The molecule has 0 saturated carbocycles. The standard InChI is InChI=1S/C25H24ClN3OS/c1-2-3-11-23-24(30)29(17-20-9-6-8-19-7-4-5-10-22(19)20)25(31-23)28-27-16-18-12-14-21(26)15-13-18/h4-10,12-16,23H,2-3,11,17H2,1H3/b27-16+,28-25-. The molecular weight excluding hydrogens is 426 g/mol. The summed E-state index contributed by atoms with van der Waals surface area (Å²) in [4.78, 5) is 15.0. The van der Waals surface area contributed by atoms with Crippen LogP contribution in [-0.2, 0) is 11.3 Å². The van der Waals surface area contributed by atoms with Crippen LogP contribution in [0.2, 0.25) is 5.02 Å². The third kappa shape index (κ3) is 5.17. The van der Waals surface area contributed by atoms with Gasteiger partial charge in [-0.1, -0.05) is 97.7 Å². The molecule has 1 heterocycles. The van der Waals surface area contributed by atoms with E-state index in [0.29, 0.717) is 16.7 Å². The lowest BCUT2D eigenvalue weighted by molar-refractivity contribution is -0.126. The second kappa shape index (κ2) is 10.1. The van der Waals surface area contributed by atoms with E-state index in [1.165, 1.54) is 17.1 Å². The fourth-order valence-corrected chi connectivity index (χ4v) is 4.87. The molecule has 4 nitrogen and oxygen atoms in total. The van der Waals surface area contributed by atoms with Crippen LogP contribution in [0.1, 0.15) is 37.3 Å². The molecule has 1 aliphatic heterocycles. The number of benzene rings is 3. The summed E-state index contributed by atoms with van der Waals surface area (Å²) in [6.45, 7) is 2.63. The Hall–Kier alpha value is -2.63. The zero-order valence-electron chi connectivity index (χ0n) is 17.4. The van der Waals surface area contributed by atoms with Crippen molar-refractivity contribution in [1.29, 1.82) is 0 Å². The van der Waals surface area contributed by atoms with Crippen molar-refractivity contribution in [1.82, 2.24) is 4.90 Å². The largest absolute Gasteiger partial charge is 0.284 e. The van der Waals surface area contributed by atoms with Crippen molar-refractivity contribution in [3.8, 4) is 0 Å². The van der Waals surface area contributed by atoms with E-state index in [1.54, 1.807) is 11.1 Å². The maximum absolute atomic E-state index is 13.2. The first-order chi connectivity index (χ1) is 15.2. The fourth-order valence-electron chi connectivity index (χ4n) is 3.60. The molecule has 1 atom stereocenters. The van der Waals surface area contributed by atoms with E-state index in [9.17, 15) is 4.79 Å². The Morgan fingerprint density at radius 2 is 1.84 bits per heavy atom. The Morgan fingerprint density at radius 1 is 1.06 bits per heavy atom. The van der Waals surface area contributed by atoms with Gasteiger partial charge in [0, 0.05) is 5.02 Å². The van der Waals surface area contributed by atoms with Crippen LogP contribution in [0.15, 0.2) is 76.9 Å². The average molecular weight is 450 g/mol. The van der Waals surface area contributed by atoms with Crippen molar-refractivity contribution < 1.29 is 4.79 Å². The third-order valence-electron chi connectivity index (χ3n) is 5.27. The molecule has 6 heteroatoms. The Kier molecular flexibility index (Phi) is 7.05. The minimum atomic E-state index is -0.0978. The summed E-state index contributed by atoms with van der Waals surface area (Å²) in [6, 6.07) is 21.9. The lowest BCUT2D eigenvalue weighted by atomic mass is 10.0. The molecule has 0 spiro atoms. The van der Waals surface area contributed by atoms with Crippen molar-refractivity contribution >= 4 is 51.4 Å². The molecule has 0 radical (unpaired) electrons. The zero-order valence-corrected chi connectivity index (χ0v) is 18.9. The molecule has 1 saturated heterocycles. The van der Waals surface area contributed by atoms with Gasteiger partial charge in [0.2, 0.25) is 5.91 Å². The molecule has 0 bridgehead atoms. The number of fused-ring (bicyclic) bond motifs is 1. The summed E-state index contributed by atoms with van der Waals surface area (Å²) in [5.74, 6) is 0.117. The molecule has 1 fully saturated rings. The third-order valence-corrected chi connectivity index (χ3v) is 6.76. The van der Waals surface area contributed by atoms with Crippen LogP contribution < -0.4 is 0 Å². The van der Waals surface area contributed by atoms with E-state index in [2.05, 4.69) is 41.4 Å². The number of amides is 1. The van der Waals surface area contributed by atoms with Gasteiger partial charge in [-0.2, -0.15) is 5.10 Å². The molecule has 4 rings (SSSR count). The fraction of sp³-hybridized carbons (Fsp3) is 0.240. The number of thioether (sulfide) groups is 1. The first-order valence-electron chi connectivity index (χ1n) is 10.5. The highest BCUT2D eigenvalue weighted by molar-refractivity contribution is 8.15. The van der Waals surface area contributed by atoms with E-state index < -0.39 is 0 Å². The van der Waals surface area contributed by atoms with Crippen LogP contribution in [0.25, 0.3) is 10.8 Å². The molecule has 3 aromatic carbocycles. The SMILES string of the molecule is CCCCC1S/C(=N\N=C\c2ccc(Cl)cc2)N(Cc2cccc3ccccc23)C1=O. The normalized spacial score (nSPS) is 18.0. The topological polar surface area (TPSA) is 45.0 Å². The van der Waals surface area contributed by atoms with Gasteiger partial charge in [-0.05, 0) is 40.5 Å². The van der Waals surface area contributed by atoms with Gasteiger partial charge in [-0.3, -0.25) is 9.69 Å². The van der Waals surface area contributed by atoms with Crippen LogP contribution in [-0.4, -0.2) is 27.4 Å². The molecular formula is C25H24ClN3OS. The van der Waals surface area contributed by atoms with Gasteiger partial charge in [-0.15, -0.1) is 5.10 Å². The Bertz CT molecular complexity index is 1120. The van der Waals surface area contributed by atoms with Gasteiger partial charge in [0.25, 0.3) is 0 Å². The highest BCUT2D eigenvalue weighted by Crippen LogP contribution is 2.33. The predicted octanol–water partition coefficient (Wildman–Crippen LogP) is 6.52. The monoisotopic (exact) mass is 449 g/mol. The van der Waals surface area contributed by atoms with Crippen molar-refractivity contribution in [2.24, 2.45) is 10.2 Å². The second-order valence-electron chi connectivity index (χ2n) is 7.49. The number of halogens is 1. The quantitative estimate of drug-likeness (QED) is 0.304. The molecule has 1 aliphatic rings. The lowest BCUT2D eigenvalue weighted by Crippen LogP contribution is -2.31. The molecule has 1 unspecified atom stereocenters. The Balaban J connectivity index is 1.61. The maximum Gasteiger partial charge on any atom is 0.242 e. The van der Waals surface area contributed by atoms with E-state index in [-0.39, 0.29) is 11.2 Å². The van der Waals surface area contributed by atoms with Crippen molar-refractivity contribution in [3.63, 3.8) is 0 Å². The minimum Gasteiger partial charge on any atom is -0.284 e. The number of rotatable bonds is 7. The molecule has 0 N–H and O–H groups in total. The smallest absolute Gasteiger partial charge is 0.242 e. The van der Waals surface area contributed by atoms with Gasteiger partial charge in [-0.25, -0.2) is 0 Å². The summed E-state index contributed by atoms with van der Waals surface area (Å²) in [5.41, 5.74) is 2.02. The minimum absolute atomic E-state index is 0.0978. The number of carbonyl (C=O) groups is 1. The first kappa shape index (κ1) is 21.6.